The molecule has 0 radical (unpaired) electrons. The van der Waals surface area contributed by atoms with Gasteiger partial charge in [0, 0.05) is 0 Å². The molecule has 0 bridgehead atoms. The van der Waals surface area contributed by atoms with Crippen molar-refractivity contribution < 1.29 is 106 Å². The van der Waals surface area contributed by atoms with E-state index in [0.29, 0.717) is 0 Å². The Labute approximate surface area is 159 Å². The van der Waals surface area contributed by atoms with Gasteiger partial charge in [-0.1, -0.05) is 0 Å². The molecule has 0 aromatic carbocycles. The van der Waals surface area contributed by atoms with E-state index >= 15 is 0 Å². The standard InChI is InChI=1S/CH3FO6S2.2AsF5.2Li.2H/c2-1(9(3,4)5)10(6,7)8;2*2-1(3,4,5)6;;;;/h1H,(H,3,4,5)(H,6,7,8);;;;;;/q;;;2*+1;2*-1. The summed E-state index contributed by atoms with van der Waals surface area (Å²) in [7, 11) is -10.7. The molecule has 0 spiro atoms. The second-order valence-electron chi connectivity index (χ2n) is 2.58. The minimum Gasteiger partial charge on any atom is -1.00 e. The maximum Gasteiger partial charge on any atom is 1.00 e. The van der Waals surface area contributed by atoms with Gasteiger partial charge < -0.3 is 2.85 Å². The van der Waals surface area contributed by atoms with Crippen LogP contribution in [0.1, 0.15) is 2.85 Å². The van der Waals surface area contributed by atoms with Gasteiger partial charge in [-0.3, -0.25) is 9.11 Å². The first-order chi connectivity index (χ1) is 8.63. The van der Waals surface area contributed by atoms with Crippen molar-refractivity contribution in [2.24, 2.45) is 0 Å². The molecule has 0 heterocycles. The third-order valence-electron chi connectivity index (χ3n) is 0.468. The van der Waals surface area contributed by atoms with E-state index in [1.807, 2.05) is 0 Å². The van der Waals surface area contributed by atoms with Crippen molar-refractivity contribution in [2.45, 2.75) is 4.84 Å². The van der Waals surface area contributed by atoms with Crippen LogP contribution in [0.3, 0.4) is 0 Å². The Bertz CT molecular complexity index is 497. The fraction of sp³-hybridized carbons (Fsp3) is 1.00. The van der Waals surface area contributed by atoms with Gasteiger partial charge in [0.25, 0.3) is 0 Å². The summed E-state index contributed by atoms with van der Waals surface area (Å²) in [5.41, 5.74) is 0. The first-order valence-corrected chi connectivity index (χ1v) is 13.5. The molecule has 0 saturated heterocycles. The Morgan fingerprint density at radius 1 is 0.625 bits per heavy atom. The van der Waals surface area contributed by atoms with E-state index in [2.05, 4.69) is 0 Å². The van der Waals surface area contributed by atoms with Crippen molar-refractivity contribution >= 4 is 49.8 Å². The summed E-state index contributed by atoms with van der Waals surface area (Å²) in [4.78, 5) is -3.68. The van der Waals surface area contributed by atoms with Crippen molar-refractivity contribution in [1.29, 1.82) is 0 Å². The molecule has 6 nitrogen and oxygen atoms in total. The van der Waals surface area contributed by atoms with Gasteiger partial charge in [-0.2, -0.15) is 16.8 Å². The molecule has 2 N–H and O–H groups in total. The Balaban J connectivity index is -0.0000000404. The Kier molecular flexibility index (Phi) is 15.2. The van der Waals surface area contributed by atoms with E-state index in [-0.39, 0.29) is 40.6 Å². The average molecular weight is 550 g/mol. The summed E-state index contributed by atoms with van der Waals surface area (Å²) in [6.45, 7) is 0. The van der Waals surface area contributed by atoms with Crippen LogP contribution in [0.2, 0.25) is 0 Å². The molecule has 0 fully saturated rings. The Hall–Kier alpha value is 1.36. The average Bonchev–Trinajstić information content (AvgIpc) is 1.88. The van der Waals surface area contributed by atoms with E-state index in [1.165, 1.54) is 0 Å². The van der Waals surface area contributed by atoms with Crippen LogP contribution >= 0.6 is 0 Å². The molecule has 146 valence electrons. The third kappa shape index (κ3) is 65.4. The Morgan fingerprint density at radius 3 is 0.708 bits per heavy atom. The van der Waals surface area contributed by atoms with E-state index in [1.54, 1.807) is 0 Å². The molecule has 0 rings (SSSR count). The van der Waals surface area contributed by atoms with Gasteiger partial charge >= 0.3 is 127 Å². The fourth-order valence-electron chi connectivity index (χ4n) is 0.154. The van der Waals surface area contributed by atoms with E-state index in [0.717, 1.165) is 0 Å². The molecule has 0 amide bonds. The van der Waals surface area contributed by atoms with Crippen LogP contribution in [-0.4, -0.2) is 60.4 Å². The van der Waals surface area contributed by atoms with Gasteiger partial charge in [0.15, 0.2) is 0 Å². The first kappa shape index (κ1) is 36.3. The van der Waals surface area contributed by atoms with Crippen LogP contribution in [-0.2, 0) is 20.2 Å². The number of halogens is 11. The van der Waals surface area contributed by atoms with Gasteiger partial charge in [-0.05, 0) is 0 Å². The molecular formula is CH5As2F11Li2O6S2. The van der Waals surface area contributed by atoms with E-state index < -0.39 is 54.7 Å². The van der Waals surface area contributed by atoms with E-state index in [4.69, 9.17) is 9.11 Å². The summed E-state index contributed by atoms with van der Waals surface area (Å²) in [5, 5.41) is 0. The maximum atomic E-state index is 11.7. The maximum absolute atomic E-state index is 11.7. The number of hydrogen-bond acceptors (Lipinski definition) is 4. The molecule has 23 heteroatoms. The topological polar surface area (TPSA) is 109 Å². The summed E-state index contributed by atoms with van der Waals surface area (Å²) in [5.74, 6) is 0. The molecule has 0 atom stereocenters. The van der Waals surface area contributed by atoms with Crippen molar-refractivity contribution in [3.05, 3.63) is 0 Å². The molecule has 0 unspecified atom stereocenters. The van der Waals surface area contributed by atoms with Crippen LogP contribution in [0.25, 0.3) is 0 Å². The molecule has 0 saturated carbocycles. The number of rotatable bonds is 2. The van der Waals surface area contributed by atoms with Crippen molar-refractivity contribution in [3.63, 3.8) is 0 Å². The molecule has 0 aliphatic heterocycles. The smallest absolute Gasteiger partial charge is 1.00 e. The normalized spacial score (nSPS) is 15.4. The second-order valence-corrected chi connectivity index (χ2v) is 11.1. The zero-order valence-electron chi connectivity index (χ0n) is 13.0. The molecular weight excluding hydrogens is 545 g/mol. The summed E-state index contributed by atoms with van der Waals surface area (Å²) in [6, 6.07) is 0. The van der Waals surface area contributed by atoms with Crippen LogP contribution in [0.15, 0.2) is 0 Å². The molecule has 24 heavy (non-hydrogen) atoms. The predicted molar refractivity (Wildman–Crippen MR) is 52.8 cm³/mol. The largest absolute Gasteiger partial charge is 1.00 e. The number of hydrogen-bond donors (Lipinski definition) is 2. The van der Waals surface area contributed by atoms with Crippen molar-refractivity contribution in [3.8, 4) is 0 Å². The van der Waals surface area contributed by atoms with Crippen LogP contribution < -0.4 is 37.7 Å². The Morgan fingerprint density at radius 2 is 0.708 bits per heavy atom. The second kappa shape index (κ2) is 10.1. The number of alkyl halides is 1. The molecule has 0 aliphatic carbocycles. The van der Waals surface area contributed by atoms with Gasteiger partial charge in [0.2, 0.25) is 0 Å². The predicted octanol–water partition coefficient (Wildman–Crippen LogP) is -3.31. The van der Waals surface area contributed by atoms with E-state index in [9.17, 15) is 55.9 Å². The first-order valence-electron chi connectivity index (χ1n) is 3.41. The van der Waals surface area contributed by atoms with Gasteiger partial charge in [0.1, 0.15) is 0 Å². The quantitative estimate of drug-likeness (QED) is 0.212. The zero-order chi connectivity index (χ0) is 19.5. The molecule has 0 aromatic heterocycles. The van der Waals surface area contributed by atoms with Gasteiger partial charge in [-0.25, -0.2) is 4.39 Å². The summed E-state index contributed by atoms with van der Waals surface area (Å²) in [6.07, 6.45) is 0. The minimum atomic E-state index is -8.99. The minimum absolute atomic E-state index is 0. The van der Waals surface area contributed by atoms with Crippen LogP contribution in [0.5, 0.6) is 0 Å². The molecule has 0 aromatic rings. The zero-order valence-corrected chi connectivity index (χ0v) is 16.4. The van der Waals surface area contributed by atoms with Crippen LogP contribution in [0, 0.1) is 0 Å². The van der Waals surface area contributed by atoms with Gasteiger partial charge in [0.05, 0.1) is 0 Å². The van der Waals surface area contributed by atoms with Crippen molar-refractivity contribution in [2.75, 3.05) is 0 Å². The van der Waals surface area contributed by atoms with Gasteiger partial charge in [-0.15, -0.1) is 0 Å². The monoisotopic (exact) mass is 550 g/mol. The fourth-order valence-corrected chi connectivity index (χ4v) is 1.38. The third-order valence-corrected chi connectivity index (χ3v) is 2.86. The SMILES string of the molecule is F[As](F)(F)(F)F.F[As](F)(F)(F)F.O=S(=O)(O)C(F)S(=O)(=O)O.[H-].[H-].[Li+].[Li+]. The van der Waals surface area contributed by atoms with Crippen molar-refractivity contribution in [1.82, 2.24) is 0 Å². The molecule has 0 aliphatic rings. The summed E-state index contributed by atoms with van der Waals surface area (Å²) < 4.78 is 164. The van der Waals surface area contributed by atoms with Crippen LogP contribution in [0.4, 0.5) is 39.1 Å². The summed E-state index contributed by atoms with van der Waals surface area (Å²) >= 11 is -18.0.